The maximum Gasteiger partial charge on any atom is 0.227 e. The third kappa shape index (κ3) is 2.63. The van der Waals surface area contributed by atoms with Crippen LogP contribution < -0.4 is 5.32 Å². The van der Waals surface area contributed by atoms with Crippen LogP contribution in [0.2, 0.25) is 0 Å². The van der Waals surface area contributed by atoms with Crippen LogP contribution in [0, 0.1) is 11.3 Å². The number of carbonyl (C=O) groups excluding carboxylic acids is 1. The molecule has 1 fully saturated rings. The Bertz CT molecular complexity index is 211. The standard InChI is InChI=1S/C11H20ClNO/c1-8(9-5-4-6-9)13-10(14)11(2,3)7-12/h8-9H,4-7H2,1-3H3,(H,13,14). The number of carbonyl (C=O) groups is 1. The lowest BCUT2D eigenvalue weighted by Crippen LogP contribution is -2.46. The molecule has 14 heavy (non-hydrogen) atoms. The van der Waals surface area contributed by atoms with E-state index >= 15 is 0 Å². The van der Waals surface area contributed by atoms with Crippen LogP contribution in [0.25, 0.3) is 0 Å². The molecular weight excluding hydrogens is 198 g/mol. The van der Waals surface area contributed by atoms with Crippen molar-refractivity contribution in [2.45, 2.75) is 46.1 Å². The molecule has 0 heterocycles. The largest absolute Gasteiger partial charge is 0.353 e. The molecule has 1 saturated carbocycles. The van der Waals surface area contributed by atoms with Gasteiger partial charge in [-0.2, -0.15) is 0 Å². The summed E-state index contributed by atoms with van der Waals surface area (Å²) in [6.45, 7) is 5.84. The molecule has 1 amide bonds. The summed E-state index contributed by atoms with van der Waals surface area (Å²) in [5.41, 5.74) is -0.445. The molecule has 2 nitrogen and oxygen atoms in total. The van der Waals surface area contributed by atoms with Crippen molar-refractivity contribution in [1.29, 1.82) is 0 Å². The monoisotopic (exact) mass is 217 g/mol. The molecule has 3 heteroatoms. The van der Waals surface area contributed by atoms with E-state index in [2.05, 4.69) is 12.2 Å². The van der Waals surface area contributed by atoms with Crippen LogP contribution in [-0.4, -0.2) is 17.8 Å². The zero-order chi connectivity index (χ0) is 10.8. The molecule has 1 unspecified atom stereocenters. The van der Waals surface area contributed by atoms with Gasteiger partial charge in [0.15, 0.2) is 0 Å². The molecule has 0 aromatic rings. The maximum absolute atomic E-state index is 11.8. The first-order valence-electron chi connectivity index (χ1n) is 5.34. The fourth-order valence-corrected chi connectivity index (χ4v) is 1.64. The Balaban J connectivity index is 2.39. The van der Waals surface area contributed by atoms with Crippen LogP contribution in [0.3, 0.4) is 0 Å². The van der Waals surface area contributed by atoms with Crippen molar-refractivity contribution >= 4 is 17.5 Å². The van der Waals surface area contributed by atoms with Crippen LogP contribution in [0.4, 0.5) is 0 Å². The van der Waals surface area contributed by atoms with Crippen molar-refractivity contribution in [2.24, 2.45) is 11.3 Å². The Morgan fingerprint density at radius 3 is 2.50 bits per heavy atom. The van der Waals surface area contributed by atoms with Crippen LogP contribution in [0.1, 0.15) is 40.0 Å². The first-order valence-corrected chi connectivity index (χ1v) is 5.88. The summed E-state index contributed by atoms with van der Waals surface area (Å²) in [5.74, 6) is 1.13. The Hall–Kier alpha value is -0.240. The minimum absolute atomic E-state index is 0.0758. The van der Waals surface area contributed by atoms with Gasteiger partial charge in [-0.25, -0.2) is 0 Å². The van der Waals surface area contributed by atoms with Crippen molar-refractivity contribution in [3.8, 4) is 0 Å². The average molecular weight is 218 g/mol. The highest BCUT2D eigenvalue weighted by molar-refractivity contribution is 6.19. The van der Waals surface area contributed by atoms with E-state index in [1.54, 1.807) is 0 Å². The Morgan fingerprint density at radius 2 is 2.14 bits per heavy atom. The van der Waals surface area contributed by atoms with E-state index in [4.69, 9.17) is 11.6 Å². The van der Waals surface area contributed by atoms with Gasteiger partial charge in [-0.1, -0.05) is 6.42 Å². The Kier molecular flexibility index (Phi) is 3.82. The first kappa shape index (κ1) is 11.8. The van der Waals surface area contributed by atoms with Gasteiger partial charge in [0.2, 0.25) is 5.91 Å². The van der Waals surface area contributed by atoms with Crippen molar-refractivity contribution < 1.29 is 4.79 Å². The average Bonchev–Trinajstić information content (AvgIpc) is 2.00. The third-order valence-corrected chi connectivity index (χ3v) is 3.83. The summed E-state index contributed by atoms with van der Waals surface area (Å²) in [7, 11) is 0. The number of nitrogens with one attached hydrogen (secondary N) is 1. The van der Waals surface area contributed by atoms with E-state index in [1.165, 1.54) is 19.3 Å². The molecule has 0 aromatic carbocycles. The fourth-order valence-electron chi connectivity index (χ4n) is 1.52. The van der Waals surface area contributed by atoms with Crippen LogP contribution in [0.15, 0.2) is 0 Å². The predicted octanol–water partition coefficient (Wildman–Crippen LogP) is 2.56. The van der Waals surface area contributed by atoms with Gasteiger partial charge in [0.25, 0.3) is 0 Å². The molecule has 82 valence electrons. The highest BCUT2D eigenvalue weighted by Crippen LogP contribution is 2.30. The lowest BCUT2D eigenvalue weighted by atomic mass is 9.80. The van der Waals surface area contributed by atoms with Gasteiger partial charge in [0.1, 0.15) is 0 Å². The summed E-state index contributed by atoms with van der Waals surface area (Å²) in [5, 5.41) is 3.05. The topological polar surface area (TPSA) is 29.1 Å². The second-order valence-corrected chi connectivity index (χ2v) is 5.24. The highest BCUT2D eigenvalue weighted by Gasteiger charge is 2.31. The molecule has 1 rings (SSSR count). The lowest BCUT2D eigenvalue weighted by molar-refractivity contribution is -0.129. The van der Waals surface area contributed by atoms with Crippen LogP contribution in [0.5, 0.6) is 0 Å². The van der Waals surface area contributed by atoms with Crippen LogP contribution >= 0.6 is 11.6 Å². The zero-order valence-corrected chi connectivity index (χ0v) is 10.0. The molecule has 1 atom stereocenters. The molecule has 0 radical (unpaired) electrons. The third-order valence-electron chi connectivity index (χ3n) is 3.16. The maximum atomic E-state index is 11.8. The predicted molar refractivity (Wildman–Crippen MR) is 59.4 cm³/mol. The van der Waals surface area contributed by atoms with E-state index in [9.17, 15) is 4.79 Å². The van der Waals surface area contributed by atoms with Gasteiger partial charge in [0, 0.05) is 11.9 Å². The van der Waals surface area contributed by atoms with Gasteiger partial charge in [-0.3, -0.25) is 4.79 Å². The molecule has 0 aromatic heterocycles. The molecule has 1 N–H and O–H groups in total. The van der Waals surface area contributed by atoms with Crippen LogP contribution in [-0.2, 0) is 4.79 Å². The normalized spacial score (nSPS) is 20.0. The number of amides is 1. The Labute approximate surface area is 91.4 Å². The van der Waals surface area contributed by atoms with E-state index < -0.39 is 5.41 Å². The molecule has 0 spiro atoms. The second-order valence-electron chi connectivity index (χ2n) is 4.97. The molecule has 0 aliphatic heterocycles. The number of hydrogen-bond donors (Lipinski definition) is 1. The summed E-state index contributed by atoms with van der Waals surface area (Å²) < 4.78 is 0. The lowest BCUT2D eigenvalue weighted by Gasteiger charge is -2.34. The van der Waals surface area contributed by atoms with E-state index in [0.29, 0.717) is 17.8 Å². The van der Waals surface area contributed by atoms with Crippen molar-refractivity contribution in [1.82, 2.24) is 5.32 Å². The fraction of sp³-hybridized carbons (Fsp3) is 0.909. The summed E-state index contributed by atoms with van der Waals surface area (Å²) in [6, 6.07) is 0.304. The number of hydrogen-bond acceptors (Lipinski definition) is 1. The van der Waals surface area contributed by atoms with Gasteiger partial charge in [0.05, 0.1) is 5.41 Å². The van der Waals surface area contributed by atoms with Crippen molar-refractivity contribution in [3.63, 3.8) is 0 Å². The molecule has 1 aliphatic carbocycles. The second kappa shape index (κ2) is 4.52. The summed E-state index contributed by atoms with van der Waals surface area (Å²) in [4.78, 5) is 11.8. The van der Waals surface area contributed by atoms with Crippen molar-refractivity contribution in [2.75, 3.05) is 5.88 Å². The Morgan fingerprint density at radius 1 is 1.57 bits per heavy atom. The van der Waals surface area contributed by atoms with Gasteiger partial charge < -0.3 is 5.32 Å². The van der Waals surface area contributed by atoms with E-state index in [-0.39, 0.29) is 5.91 Å². The van der Waals surface area contributed by atoms with E-state index in [0.717, 1.165) is 0 Å². The van der Waals surface area contributed by atoms with Crippen molar-refractivity contribution in [3.05, 3.63) is 0 Å². The summed E-state index contributed by atoms with van der Waals surface area (Å²) in [6.07, 6.45) is 3.81. The molecular formula is C11H20ClNO. The minimum atomic E-state index is -0.445. The first-order chi connectivity index (χ1) is 6.47. The summed E-state index contributed by atoms with van der Waals surface area (Å²) >= 11 is 5.74. The van der Waals surface area contributed by atoms with Gasteiger partial charge >= 0.3 is 0 Å². The minimum Gasteiger partial charge on any atom is -0.353 e. The smallest absolute Gasteiger partial charge is 0.227 e. The van der Waals surface area contributed by atoms with Gasteiger partial charge in [-0.05, 0) is 39.5 Å². The molecule has 1 aliphatic rings. The number of alkyl halides is 1. The number of rotatable bonds is 4. The quantitative estimate of drug-likeness (QED) is 0.721. The highest BCUT2D eigenvalue weighted by atomic mass is 35.5. The SMILES string of the molecule is CC(NC(=O)C(C)(C)CCl)C1CCC1. The zero-order valence-electron chi connectivity index (χ0n) is 9.27. The molecule has 0 bridgehead atoms. The number of halogens is 1. The van der Waals surface area contributed by atoms with E-state index in [1.807, 2.05) is 13.8 Å². The molecule has 0 saturated heterocycles. The van der Waals surface area contributed by atoms with Gasteiger partial charge in [-0.15, -0.1) is 11.6 Å².